The highest BCUT2D eigenvalue weighted by molar-refractivity contribution is 6.58. The second-order valence-electron chi connectivity index (χ2n) is 11.8. The number of aromatic nitrogens is 1. The fraction of sp³-hybridized carbons (Fsp3) is 0.306. The lowest BCUT2D eigenvalue weighted by molar-refractivity contribution is -0.119. The van der Waals surface area contributed by atoms with Crippen molar-refractivity contribution in [1.82, 2.24) is 10.3 Å². The molecule has 9 nitrogen and oxygen atoms in total. The molecule has 47 heavy (non-hydrogen) atoms. The minimum Gasteiger partial charge on any atom is -0.497 e. The second-order valence-corrected chi connectivity index (χ2v) is 12.2. The lowest BCUT2D eigenvalue weighted by Gasteiger charge is -2.22. The van der Waals surface area contributed by atoms with Crippen molar-refractivity contribution in [1.29, 1.82) is 0 Å². The SMILES string of the molecule is CCC1Cc2ccc(OC)cc2C(c2ccc(Cl)cc2)N=C(CC(=O)NCCc2ccc3cc(B(O)O)cnc3c2)/C(C)=N\N=C\1C. The highest BCUT2D eigenvalue weighted by atomic mass is 35.5. The zero-order valence-electron chi connectivity index (χ0n) is 27.1. The molecule has 3 N–H and O–H groups in total. The Morgan fingerprint density at radius 1 is 1.04 bits per heavy atom. The van der Waals surface area contributed by atoms with Crippen molar-refractivity contribution in [2.24, 2.45) is 21.1 Å². The molecule has 1 aliphatic heterocycles. The number of pyridine rings is 1. The number of aliphatic imine (C=N–C) groups is 1. The average molecular weight is 652 g/mol. The maximum absolute atomic E-state index is 13.4. The zero-order valence-corrected chi connectivity index (χ0v) is 27.8. The number of rotatable bonds is 9. The molecule has 3 aromatic carbocycles. The third kappa shape index (κ3) is 8.51. The lowest BCUT2D eigenvalue weighted by Crippen LogP contribution is -2.30. The molecule has 2 unspecified atom stereocenters. The Morgan fingerprint density at radius 3 is 2.55 bits per heavy atom. The molecule has 11 heteroatoms. The van der Waals surface area contributed by atoms with Crippen LogP contribution in [0.1, 0.15) is 61.9 Å². The summed E-state index contributed by atoms with van der Waals surface area (Å²) >= 11 is 6.27. The van der Waals surface area contributed by atoms with E-state index >= 15 is 0 Å². The number of hydrogen-bond acceptors (Lipinski definition) is 8. The number of amides is 1. The largest absolute Gasteiger partial charge is 0.497 e. The van der Waals surface area contributed by atoms with E-state index in [1.165, 1.54) is 6.20 Å². The van der Waals surface area contributed by atoms with Crippen molar-refractivity contribution in [3.8, 4) is 5.75 Å². The highest BCUT2D eigenvalue weighted by Gasteiger charge is 2.24. The molecule has 0 saturated heterocycles. The van der Waals surface area contributed by atoms with Crippen LogP contribution < -0.4 is 15.5 Å². The van der Waals surface area contributed by atoms with Gasteiger partial charge in [0, 0.05) is 34.9 Å². The molecule has 0 fully saturated rings. The summed E-state index contributed by atoms with van der Waals surface area (Å²) in [4.78, 5) is 23.0. The molecule has 0 saturated carbocycles. The lowest BCUT2D eigenvalue weighted by atomic mass is 9.81. The van der Waals surface area contributed by atoms with Crippen LogP contribution in [-0.2, 0) is 17.6 Å². The van der Waals surface area contributed by atoms with Crippen LogP contribution in [0.15, 0.2) is 88.1 Å². The number of fused-ring (bicyclic) bond motifs is 2. The third-order valence-electron chi connectivity index (χ3n) is 8.58. The van der Waals surface area contributed by atoms with E-state index in [1.807, 2.05) is 68.4 Å². The molecule has 242 valence electrons. The van der Waals surface area contributed by atoms with Crippen molar-refractivity contribution in [3.63, 3.8) is 0 Å². The quantitative estimate of drug-likeness (QED) is 0.212. The van der Waals surface area contributed by atoms with Gasteiger partial charge in [-0.1, -0.05) is 54.9 Å². The summed E-state index contributed by atoms with van der Waals surface area (Å²) in [5.74, 6) is 0.732. The first kappa shape index (κ1) is 34.0. The Bertz CT molecular complexity index is 1840. The van der Waals surface area contributed by atoms with Gasteiger partial charge < -0.3 is 20.1 Å². The Labute approximate surface area is 280 Å². The van der Waals surface area contributed by atoms with Gasteiger partial charge in [0.2, 0.25) is 5.91 Å². The molecular formula is C36H39BClN5O4. The normalized spacial score (nSPS) is 18.9. The van der Waals surface area contributed by atoms with Crippen molar-refractivity contribution in [3.05, 3.63) is 100 Å². The zero-order chi connectivity index (χ0) is 33.5. The number of ether oxygens (including phenoxy) is 1. The summed E-state index contributed by atoms with van der Waals surface area (Å²) in [6.45, 7) is 6.41. The monoisotopic (exact) mass is 651 g/mol. The van der Waals surface area contributed by atoms with Gasteiger partial charge in [0.25, 0.3) is 0 Å². The van der Waals surface area contributed by atoms with Crippen LogP contribution in [0.25, 0.3) is 10.9 Å². The van der Waals surface area contributed by atoms with Gasteiger partial charge in [-0.2, -0.15) is 10.2 Å². The number of carbonyl (C=O) groups excluding carboxylic acids is 1. The van der Waals surface area contributed by atoms with Crippen molar-refractivity contribution >= 4 is 58.1 Å². The predicted octanol–water partition coefficient (Wildman–Crippen LogP) is 5.28. The third-order valence-corrected chi connectivity index (χ3v) is 8.83. The maximum Gasteiger partial charge on any atom is 0.490 e. The molecule has 2 atom stereocenters. The molecule has 0 radical (unpaired) electrons. The number of carbonyl (C=O) groups is 1. The van der Waals surface area contributed by atoms with Crippen LogP contribution >= 0.6 is 11.6 Å². The second kappa shape index (κ2) is 15.5. The predicted molar refractivity (Wildman–Crippen MR) is 190 cm³/mol. The number of benzene rings is 3. The molecule has 1 aliphatic rings. The molecule has 4 aromatic rings. The Balaban J connectivity index is 1.44. The van der Waals surface area contributed by atoms with Gasteiger partial charge in [-0.15, -0.1) is 0 Å². The molecule has 1 aromatic heterocycles. The molecular weight excluding hydrogens is 613 g/mol. The standard InChI is InChI=1S/C36H39BClN5O4/c1-5-25-17-27-10-13-31(47-4)19-32(27)36(26-8-11-30(38)12-9-26)41-33(23(3)43-42-22(25)2)20-35(44)39-15-14-24-6-7-28-18-29(37(45)46)21-40-34(28)16-24/h6-13,16,18-19,21,25,36,45-46H,5,14-15,17,20H2,1-4H3,(H,39,44)/b41-33?,42-22+,43-23-. The van der Waals surface area contributed by atoms with Gasteiger partial charge in [-0.05, 0) is 91.1 Å². The van der Waals surface area contributed by atoms with E-state index < -0.39 is 13.2 Å². The minimum atomic E-state index is -1.57. The number of nitrogens with one attached hydrogen (secondary N) is 1. The number of halogens is 1. The Kier molecular flexibility index (Phi) is 11.2. The highest BCUT2D eigenvalue weighted by Crippen LogP contribution is 2.35. The van der Waals surface area contributed by atoms with Crippen LogP contribution in [0.4, 0.5) is 0 Å². The molecule has 2 heterocycles. The van der Waals surface area contributed by atoms with E-state index in [0.29, 0.717) is 34.9 Å². The van der Waals surface area contributed by atoms with Crippen LogP contribution in [0.5, 0.6) is 5.75 Å². The van der Waals surface area contributed by atoms with Crippen molar-refractivity contribution in [2.75, 3.05) is 13.7 Å². The first-order chi connectivity index (χ1) is 22.6. The topological polar surface area (TPSA) is 129 Å². The summed E-state index contributed by atoms with van der Waals surface area (Å²) < 4.78 is 5.64. The summed E-state index contributed by atoms with van der Waals surface area (Å²) in [5, 5.41) is 32.5. The van der Waals surface area contributed by atoms with Crippen molar-refractivity contribution in [2.45, 2.75) is 52.5 Å². The van der Waals surface area contributed by atoms with Crippen LogP contribution in [0.2, 0.25) is 5.02 Å². The fourth-order valence-electron chi connectivity index (χ4n) is 5.72. The van der Waals surface area contributed by atoms with Crippen molar-refractivity contribution < 1.29 is 19.6 Å². The van der Waals surface area contributed by atoms with Gasteiger partial charge in [-0.3, -0.25) is 14.8 Å². The maximum atomic E-state index is 13.4. The molecule has 0 spiro atoms. The van der Waals surface area contributed by atoms with Crippen LogP contribution in [0.3, 0.4) is 0 Å². The summed E-state index contributed by atoms with van der Waals surface area (Å²) in [6.07, 6.45) is 3.73. The number of nitrogens with zero attached hydrogens (tertiary/aromatic N) is 4. The van der Waals surface area contributed by atoms with Gasteiger partial charge in [-0.25, -0.2) is 0 Å². The van der Waals surface area contributed by atoms with E-state index in [-0.39, 0.29) is 18.2 Å². The fourth-order valence-corrected chi connectivity index (χ4v) is 5.85. The van der Waals surface area contributed by atoms with Gasteiger partial charge in [0.1, 0.15) is 11.8 Å². The van der Waals surface area contributed by atoms with E-state index in [9.17, 15) is 14.8 Å². The van der Waals surface area contributed by atoms with Gasteiger partial charge in [0.05, 0.1) is 30.5 Å². The molecule has 0 bridgehead atoms. The molecule has 0 aliphatic carbocycles. The molecule has 1 amide bonds. The molecule has 5 rings (SSSR count). The van der Waals surface area contributed by atoms with Gasteiger partial charge >= 0.3 is 7.12 Å². The first-order valence-electron chi connectivity index (χ1n) is 15.7. The van der Waals surface area contributed by atoms with Crippen LogP contribution in [-0.4, -0.2) is 58.8 Å². The summed E-state index contributed by atoms with van der Waals surface area (Å²) in [6, 6.07) is 20.8. The van der Waals surface area contributed by atoms with E-state index in [4.69, 9.17) is 21.3 Å². The number of methoxy groups -OCH3 is 1. The first-order valence-corrected chi connectivity index (χ1v) is 16.1. The van der Waals surface area contributed by atoms with Gasteiger partial charge in [0.15, 0.2) is 0 Å². The summed E-state index contributed by atoms with van der Waals surface area (Å²) in [7, 11) is 0.0812. The smallest absolute Gasteiger partial charge is 0.490 e. The Morgan fingerprint density at radius 2 is 1.83 bits per heavy atom. The van der Waals surface area contributed by atoms with E-state index in [0.717, 1.165) is 57.5 Å². The average Bonchev–Trinajstić information content (AvgIpc) is 3.09. The Hall–Kier alpha value is -4.38. The van der Waals surface area contributed by atoms with E-state index in [1.54, 1.807) is 13.2 Å². The number of hydrogen-bond donors (Lipinski definition) is 3. The minimum absolute atomic E-state index is 0.0238. The summed E-state index contributed by atoms with van der Waals surface area (Å²) in [5.41, 5.74) is 7.18. The van der Waals surface area contributed by atoms with Crippen LogP contribution in [0, 0.1) is 5.92 Å². The van der Waals surface area contributed by atoms with E-state index in [2.05, 4.69) is 33.5 Å².